The Labute approximate surface area is 84.2 Å². The SMILES string of the molecule is CCC(CO)C(O)C1CC1(CO)CO. The van der Waals surface area contributed by atoms with Gasteiger partial charge in [0.05, 0.1) is 19.3 Å². The number of rotatable bonds is 6. The third-order valence-corrected chi connectivity index (χ3v) is 3.54. The van der Waals surface area contributed by atoms with Gasteiger partial charge < -0.3 is 20.4 Å². The van der Waals surface area contributed by atoms with E-state index in [4.69, 9.17) is 15.3 Å². The van der Waals surface area contributed by atoms with Crippen LogP contribution < -0.4 is 0 Å². The summed E-state index contributed by atoms with van der Waals surface area (Å²) in [5.41, 5.74) is -0.498. The molecule has 0 aromatic rings. The number of hydrogen-bond acceptors (Lipinski definition) is 4. The minimum absolute atomic E-state index is 0.0406. The van der Waals surface area contributed by atoms with Gasteiger partial charge in [0.1, 0.15) is 0 Å². The van der Waals surface area contributed by atoms with Gasteiger partial charge in [0.25, 0.3) is 0 Å². The van der Waals surface area contributed by atoms with Gasteiger partial charge in [-0.25, -0.2) is 0 Å². The van der Waals surface area contributed by atoms with Crippen LogP contribution >= 0.6 is 0 Å². The fraction of sp³-hybridized carbons (Fsp3) is 1.00. The van der Waals surface area contributed by atoms with Gasteiger partial charge in [0, 0.05) is 17.9 Å². The van der Waals surface area contributed by atoms with Crippen molar-refractivity contribution in [3.05, 3.63) is 0 Å². The van der Waals surface area contributed by atoms with Gasteiger partial charge in [-0.15, -0.1) is 0 Å². The summed E-state index contributed by atoms with van der Waals surface area (Å²) in [6, 6.07) is 0. The van der Waals surface area contributed by atoms with Crippen LogP contribution in [0, 0.1) is 17.3 Å². The highest BCUT2D eigenvalue weighted by Crippen LogP contribution is 2.55. The summed E-state index contributed by atoms with van der Waals surface area (Å²) in [6.45, 7) is 1.69. The highest BCUT2D eigenvalue weighted by Gasteiger charge is 2.57. The average molecular weight is 204 g/mol. The second-order valence-corrected chi connectivity index (χ2v) is 4.33. The van der Waals surface area contributed by atoms with Crippen LogP contribution in [0.25, 0.3) is 0 Å². The molecule has 3 atom stereocenters. The Kier molecular flexibility index (Phi) is 3.89. The van der Waals surface area contributed by atoms with Crippen LogP contribution in [0.15, 0.2) is 0 Å². The lowest BCUT2D eigenvalue weighted by atomic mass is 9.92. The van der Waals surface area contributed by atoms with Gasteiger partial charge in [-0.1, -0.05) is 6.92 Å². The number of aliphatic hydroxyl groups is 4. The highest BCUT2D eigenvalue weighted by atomic mass is 16.3. The van der Waals surface area contributed by atoms with Crippen molar-refractivity contribution in [3.8, 4) is 0 Å². The summed E-state index contributed by atoms with van der Waals surface area (Å²) in [6.07, 6.45) is 0.753. The summed E-state index contributed by atoms with van der Waals surface area (Å²) < 4.78 is 0. The molecule has 0 heterocycles. The maximum absolute atomic E-state index is 9.86. The van der Waals surface area contributed by atoms with E-state index in [1.54, 1.807) is 0 Å². The first-order valence-corrected chi connectivity index (χ1v) is 5.15. The molecular weight excluding hydrogens is 184 g/mol. The standard InChI is InChI=1S/C10H20O4/c1-2-7(4-11)9(14)8-3-10(8,5-12)6-13/h7-9,11-14H,2-6H2,1H3. The lowest BCUT2D eigenvalue weighted by molar-refractivity contribution is 0.0202. The molecule has 0 spiro atoms. The van der Waals surface area contributed by atoms with Crippen LogP contribution in [0.4, 0.5) is 0 Å². The zero-order valence-electron chi connectivity index (χ0n) is 8.56. The molecule has 4 N–H and O–H groups in total. The van der Waals surface area contributed by atoms with Crippen LogP contribution in [0.3, 0.4) is 0 Å². The minimum Gasteiger partial charge on any atom is -0.396 e. The normalized spacial score (nSPS) is 28.5. The summed E-state index contributed by atoms with van der Waals surface area (Å²) in [5.74, 6) is -0.199. The van der Waals surface area contributed by atoms with Gasteiger partial charge in [-0.2, -0.15) is 0 Å². The van der Waals surface area contributed by atoms with E-state index in [1.165, 1.54) is 0 Å². The second kappa shape index (κ2) is 4.57. The van der Waals surface area contributed by atoms with Crippen molar-refractivity contribution in [2.45, 2.75) is 25.9 Å². The molecule has 0 radical (unpaired) electrons. The summed E-state index contributed by atoms with van der Waals surface area (Å²) >= 11 is 0. The Morgan fingerprint density at radius 2 is 1.86 bits per heavy atom. The maximum atomic E-state index is 9.86. The largest absolute Gasteiger partial charge is 0.396 e. The molecule has 4 nitrogen and oxygen atoms in total. The van der Waals surface area contributed by atoms with E-state index < -0.39 is 11.5 Å². The van der Waals surface area contributed by atoms with Crippen LogP contribution in [0.2, 0.25) is 0 Å². The van der Waals surface area contributed by atoms with Gasteiger partial charge in [-0.3, -0.25) is 0 Å². The Bertz CT molecular complexity index is 175. The molecule has 1 aliphatic carbocycles. The molecule has 0 amide bonds. The van der Waals surface area contributed by atoms with Crippen molar-refractivity contribution in [1.29, 1.82) is 0 Å². The number of aliphatic hydroxyl groups excluding tert-OH is 4. The zero-order chi connectivity index (χ0) is 10.8. The lowest BCUT2D eigenvalue weighted by Crippen LogP contribution is -2.30. The first-order chi connectivity index (χ1) is 6.65. The third kappa shape index (κ3) is 1.93. The summed E-state index contributed by atoms with van der Waals surface area (Å²) in [7, 11) is 0. The van der Waals surface area contributed by atoms with Crippen molar-refractivity contribution in [3.63, 3.8) is 0 Å². The van der Waals surface area contributed by atoms with E-state index in [0.29, 0.717) is 12.8 Å². The highest BCUT2D eigenvalue weighted by molar-refractivity contribution is 5.05. The monoisotopic (exact) mass is 204 g/mol. The van der Waals surface area contributed by atoms with Crippen LogP contribution in [-0.4, -0.2) is 46.4 Å². The van der Waals surface area contributed by atoms with Crippen molar-refractivity contribution >= 4 is 0 Å². The van der Waals surface area contributed by atoms with Crippen LogP contribution in [0.5, 0.6) is 0 Å². The molecule has 0 aliphatic heterocycles. The Hall–Kier alpha value is -0.160. The van der Waals surface area contributed by atoms with E-state index >= 15 is 0 Å². The third-order valence-electron chi connectivity index (χ3n) is 3.54. The smallest absolute Gasteiger partial charge is 0.0625 e. The molecule has 0 saturated heterocycles. The van der Waals surface area contributed by atoms with E-state index in [0.717, 1.165) is 0 Å². The predicted octanol–water partition coefficient (Wildman–Crippen LogP) is -0.643. The molecule has 1 rings (SSSR count). The lowest BCUT2D eigenvalue weighted by Gasteiger charge is -2.22. The quantitative estimate of drug-likeness (QED) is 0.464. The molecule has 3 unspecified atom stereocenters. The van der Waals surface area contributed by atoms with Crippen molar-refractivity contribution in [2.75, 3.05) is 19.8 Å². The molecule has 1 fully saturated rings. The fourth-order valence-electron chi connectivity index (χ4n) is 2.08. The van der Waals surface area contributed by atoms with E-state index in [2.05, 4.69) is 0 Å². The van der Waals surface area contributed by atoms with Gasteiger partial charge in [0.15, 0.2) is 0 Å². The van der Waals surface area contributed by atoms with E-state index in [-0.39, 0.29) is 31.7 Å². The predicted molar refractivity (Wildman–Crippen MR) is 51.6 cm³/mol. The van der Waals surface area contributed by atoms with E-state index in [1.807, 2.05) is 6.92 Å². The van der Waals surface area contributed by atoms with Crippen molar-refractivity contribution < 1.29 is 20.4 Å². The van der Waals surface area contributed by atoms with E-state index in [9.17, 15) is 5.11 Å². The van der Waals surface area contributed by atoms with Crippen LogP contribution in [0.1, 0.15) is 19.8 Å². The molecule has 0 bridgehead atoms. The second-order valence-electron chi connectivity index (χ2n) is 4.33. The molecule has 1 aliphatic rings. The van der Waals surface area contributed by atoms with Crippen LogP contribution in [-0.2, 0) is 0 Å². The Morgan fingerprint density at radius 3 is 2.14 bits per heavy atom. The minimum atomic E-state index is -0.607. The summed E-state index contributed by atoms with van der Waals surface area (Å²) in [4.78, 5) is 0. The zero-order valence-corrected chi connectivity index (χ0v) is 8.56. The Morgan fingerprint density at radius 1 is 1.29 bits per heavy atom. The maximum Gasteiger partial charge on any atom is 0.0625 e. The van der Waals surface area contributed by atoms with Gasteiger partial charge >= 0.3 is 0 Å². The van der Waals surface area contributed by atoms with Gasteiger partial charge in [-0.05, 0) is 18.8 Å². The molecule has 14 heavy (non-hydrogen) atoms. The van der Waals surface area contributed by atoms with Crippen molar-refractivity contribution in [1.82, 2.24) is 0 Å². The fourth-order valence-corrected chi connectivity index (χ4v) is 2.08. The van der Waals surface area contributed by atoms with Crippen molar-refractivity contribution in [2.24, 2.45) is 17.3 Å². The molecule has 84 valence electrons. The number of hydrogen-bond donors (Lipinski definition) is 4. The molecule has 1 saturated carbocycles. The first kappa shape index (κ1) is 11.9. The Balaban J connectivity index is 2.52. The summed E-state index contributed by atoms with van der Waals surface area (Å²) in [5, 5.41) is 37.0. The molecule has 0 aromatic heterocycles. The average Bonchev–Trinajstić information content (AvgIpc) is 2.95. The first-order valence-electron chi connectivity index (χ1n) is 5.15. The molecule has 0 aromatic carbocycles. The van der Waals surface area contributed by atoms with Gasteiger partial charge in [0.2, 0.25) is 0 Å². The molecular formula is C10H20O4. The molecule has 4 heteroatoms. The topological polar surface area (TPSA) is 80.9 Å².